The van der Waals surface area contributed by atoms with Crippen LogP contribution in [-0.4, -0.2) is 17.9 Å². The number of ether oxygens (including phenoxy) is 1. The number of rotatable bonds is 7. The minimum Gasteiger partial charge on any atom is -1.00 e. The number of amides is 1. The first kappa shape index (κ1) is 21.8. The van der Waals surface area contributed by atoms with Crippen molar-refractivity contribution in [2.24, 2.45) is 0 Å². The number of hydrogen-bond acceptors (Lipinski definition) is 4. The standard InChI is InChI=1S/C21H19N3O4.ClH/c1-28-20-14-18(24(26)27)7-8-19(20)22-21(25)15-23-11-9-17(10-12-23)13-16-5-3-2-4-6-16;/h2-12,14H,13,15H2,1H3;1H. The van der Waals surface area contributed by atoms with E-state index in [9.17, 15) is 14.9 Å². The van der Waals surface area contributed by atoms with Gasteiger partial charge < -0.3 is 22.5 Å². The second-order valence-electron chi connectivity index (χ2n) is 6.23. The van der Waals surface area contributed by atoms with Crippen molar-refractivity contribution in [2.45, 2.75) is 13.0 Å². The molecule has 0 radical (unpaired) electrons. The first-order chi connectivity index (χ1) is 13.5. The Kier molecular flexibility index (Phi) is 7.68. The van der Waals surface area contributed by atoms with E-state index in [2.05, 4.69) is 17.4 Å². The number of pyridine rings is 1. The average Bonchev–Trinajstić information content (AvgIpc) is 2.70. The van der Waals surface area contributed by atoms with Gasteiger partial charge in [-0.25, -0.2) is 0 Å². The Morgan fingerprint density at radius 3 is 2.34 bits per heavy atom. The van der Waals surface area contributed by atoms with Crippen molar-refractivity contribution in [3.05, 3.63) is 94.3 Å². The zero-order chi connectivity index (χ0) is 19.9. The van der Waals surface area contributed by atoms with Gasteiger partial charge in [-0.15, -0.1) is 0 Å². The molecule has 1 amide bonds. The van der Waals surface area contributed by atoms with Crippen molar-refractivity contribution in [3.63, 3.8) is 0 Å². The van der Waals surface area contributed by atoms with Gasteiger partial charge in [0.2, 0.25) is 6.54 Å². The van der Waals surface area contributed by atoms with Gasteiger partial charge in [-0.1, -0.05) is 30.3 Å². The van der Waals surface area contributed by atoms with E-state index in [1.165, 1.54) is 30.9 Å². The molecule has 0 aliphatic carbocycles. The number of benzene rings is 2. The number of carbonyl (C=O) groups excluding carboxylic acids is 1. The number of non-ortho nitro benzene ring substituents is 1. The summed E-state index contributed by atoms with van der Waals surface area (Å²) in [5.74, 6) is -0.0151. The summed E-state index contributed by atoms with van der Waals surface area (Å²) in [6.45, 7) is 0.117. The number of methoxy groups -OCH3 is 1. The van der Waals surface area contributed by atoms with Gasteiger partial charge in [0.25, 0.3) is 11.6 Å². The second kappa shape index (κ2) is 10.2. The first-order valence-electron chi connectivity index (χ1n) is 8.69. The fraction of sp³-hybridized carbons (Fsp3) is 0.143. The van der Waals surface area contributed by atoms with Gasteiger partial charge in [-0.05, 0) is 23.6 Å². The molecule has 150 valence electrons. The zero-order valence-corrected chi connectivity index (χ0v) is 16.5. The lowest BCUT2D eigenvalue weighted by atomic mass is 10.1. The number of hydrogen-bond donors (Lipinski definition) is 1. The SMILES string of the molecule is COc1cc([N+](=O)[O-])ccc1NC(=O)C[n+]1ccc(Cc2ccccc2)cc1.[Cl-]. The number of nitrogens with one attached hydrogen (secondary N) is 1. The third kappa shape index (κ3) is 6.02. The quantitative estimate of drug-likeness (QED) is 0.339. The molecule has 0 fully saturated rings. The molecule has 29 heavy (non-hydrogen) atoms. The Bertz CT molecular complexity index is 979. The van der Waals surface area contributed by atoms with Gasteiger partial charge in [0, 0.05) is 18.2 Å². The van der Waals surface area contributed by atoms with Crippen LogP contribution in [-0.2, 0) is 17.8 Å². The van der Waals surface area contributed by atoms with E-state index in [1.54, 1.807) is 4.57 Å². The summed E-state index contributed by atoms with van der Waals surface area (Å²) < 4.78 is 6.90. The maximum atomic E-state index is 12.3. The molecular formula is C21H20ClN3O4. The molecule has 3 rings (SSSR count). The molecule has 0 bridgehead atoms. The monoisotopic (exact) mass is 413 g/mol. The van der Waals surface area contributed by atoms with Crippen molar-refractivity contribution >= 4 is 17.3 Å². The Morgan fingerprint density at radius 1 is 1.07 bits per heavy atom. The molecule has 8 heteroatoms. The van der Waals surface area contributed by atoms with Crippen LogP contribution in [0.2, 0.25) is 0 Å². The van der Waals surface area contributed by atoms with Gasteiger partial charge in [-0.3, -0.25) is 14.9 Å². The fourth-order valence-corrected chi connectivity index (χ4v) is 2.80. The highest BCUT2D eigenvalue weighted by molar-refractivity contribution is 5.91. The Balaban J connectivity index is 0.00000300. The first-order valence-corrected chi connectivity index (χ1v) is 8.69. The molecule has 0 saturated heterocycles. The molecule has 0 saturated carbocycles. The molecule has 7 nitrogen and oxygen atoms in total. The van der Waals surface area contributed by atoms with Crippen LogP contribution < -0.4 is 27.0 Å². The second-order valence-corrected chi connectivity index (χ2v) is 6.23. The van der Waals surface area contributed by atoms with Crippen molar-refractivity contribution < 1.29 is 31.4 Å². The fourth-order valence-electron chi connectivity index (χ4n) is 2.80. The largest absolute Gasteiger partial charge is 1.00 e. The third-order valence-electron chi connectivity index (χ3n) is 4.21. The lowest BCUT2D eigenvalue weighted by Crippen LogP contribution is -3.00. The van der Waals surface area contributed by atoms with Crippen molar-refractivity contribution in [3.8, 4) is 5.75 Å². The normalized spacial score (nSPS) is 9.97. The highest BCUT2D eigenvalue weighted by Gasteiger charge is 2.15. The van der Waals surface area contributed by atoms with Crippen LogP contribution in [0.1, 0.15) is 11.1 Å². The van der Waals surface area contributed by atoms with E-state index in [0.717, 1.165) is 12.0 Å². The summed E-state index contributed by atoms with van der Waals surface area (Å²) in [5.41, 5.74) is 2.67. The number of nitro groups is 1. The highest BCUT2D eigenvalue weighted by Crippen LogP contribution is 2.28. The van der Waals surface area contributed by atoms with E-state index in [1.807, 2.05) is 42.7 Å². The summed E-state index contributed by atoms with van der Waals surface area (Å²) in [5, 5.41) is 13.6. The molecule has 0 spiro atoms. The van der Waals surface area contributed by atoms with E-state index < -0.39 is 4.92 Å². The van der Waals surface area contributed by atoms with Crippen LogP contribution in [0.4, 0.5) is 11.4 Å². The van der Waals surface area contributed by atoms with Gasteiger partial charge in [0.15, 0.2) is 12.4 Å². The highest BCUT2D eigenvalue weighted by atomic mass is 35.5. The number of halogens is 1. The topological polar surface area (TPSA) is 85.3 Å². The predicted octanol–water partition coefficient (Wildman–Crippen LogP) is 0.124. The molecule has 0 aliphatic rings. The molecular weight excluding hydrogens is 394 g/mol. The van der Waals surface area contributed by atoms with E-state index >= 15 is 0 Å². The van der Waals surface area contributed by atoms with Crippen molar-refractivity contribution in [1.29, 1.82) is 0 Å². The van der Waals surface area contributed by atoms with E-state index in [-0.39, 0.29) is 36.3 Å². The van der Waals surface area contributed by atoms with E-state index in [4.69, 9.17) is 4.74 Å². The van der Waals surface area contributed by atoms with Gasteiger partial charge in [0.05, 0.1) is 23.8 Å². The molecule has 0 aliphatic heterocycles. The van der Waals surface area contributed by atoms with Gasteiger partial charge in [0.1, 0.15) is 5.75 Å². The number of aromatic nitrogens is 1. The van der Waals surface area contributed by atoms with E-state index in [0.29, 0.717) is 5.69 Å². The number of nitro benzene ring substituents is 1. The predicted molar refractivity (Wildman–Crippen MR) is 104 cm³/mol. The zero-order valence-electron chi connectivity index (χ0n) is 15.7. The van der Waals surface area contributed by atoms with Gasteiger partial charge in [-0.2, -0.15) is 4.57 Å². The van der Waals surface area contributed by atoms with Crippen LogP contribution in [0.5, 0.6) is 5.75 Å². The summed E-state index contributed by atoms with van der Waals surface area (Å²) in [4.78, 5) is 22.7. The van der Waals surface area contributed by atoms with Crippen LogP contribution in [0, 0.1) is 10.1 Å². The smallest absolute Gasteiger partial charge is 0.290 e. The van der Waals surface area contributed by atoms with Crippen LogP contribution in [0.15, 0.2) is 73.1 Å². The number of nitrogens with zero attached hydrogens (tertiary/aromatic N) is 2. The molecule has 1 aromatic heterocycles. The summed E-state index contributed by atoms with van der Waals surface area (Å²) in [6, 6.07) is 18.2. The third-order valence-corrected chi connectivity index (χ3v) is 4.21. The Labute approximate surface area is 174 Å². The average molecular weight is 414 g/mol. The molecule has 3 aromatic rings. The molecule has 2 aromatic carbocycles. The summed E-state index contributed by atoms with van der Waals surface area (Å²) in [7, 11) is 1.40. The van der Waals surface area contributed by atoms with Crippen LogP contribution >= 0.6 is 0 Å². The minimum atomic E-state index is -0.513. The Morgan fingerprint density at radius 2 is 1.72 bits per heavy atom. The minimum absolute atomic E-state index is 0. The summed E-state index contributed by atoms with van der Waals surface area (Å²) in [6.07, 6.45) is 4.53. The lowest BCUT2D eigenvalue weighted by Gasteiger charge is -2.09. The van der Waals surface area contributed by atoms with Crippen LogP contribution in [0.3, 0.4) is 0 Å². The summed E-state index contributed by atoms with van der Waals surface area (Å²) >= 11 is 0. The van der Waals surface area contributed by atoms with Crippen LogP contribution in [0.25, 0.3) is 0 Å². The Hall–Kier alpha value is -3.45. The van der Waals surface area contributed by atoms with Crippen molar-refractivity contribution in [1.82, 2.24) is 0 Å². The number of anilines is 1. The maximum absolute atomic E-state index is 12.3. The maximum Gasteiger partial charge on any atom is 0.290 e. The van der Waals surface area contributed by atoms with Gasteiger partial charge >= 0.3 is 0 Å². The molecule has 0 atom stereocenters. The molecule has 0 unspecified atom stereocenters. The lowest BCUT2D eigenvalue weighted by molar-refractivity contribution is -0.684. The number of carbonyl (C=O) groups is 1. The van der Waals surface area contributed by atoms with Crippen molar-refractivity contribution in [2.75, 3.05) is 12.4 Å². The molecule has 1 N–H and O–H groups in total. The molecule has 1 heterocycles.